The van der Waals surface area contributed by atoms with Gasteiger partial charge in [-0.15, -0.1) is 11.3 Å². The normalized spacial score (nSPS) is 29.4. The van der Waals surface area contributed by atoms with Gasteiger partial charge in [-0.25, -0.2) is 0 Å². The Morgan fingerprint density at radius 1 is 1.52 bits per heavy atom. The summed E-state index contributed by atoms with van der Waals surface area (Å²) in [6.45, 7) is 6.46. The van der Waals surface area contributed by atoms with Crippen LogP contribution in [0.25, 0.3) is 0 Å². The van der Waals surface area contributed by atoms with Gasteiger partial charge in [-0.1, -0.05) is 0 Å². The summed E-state index contributed by atoms with van der Waals surface area (Å²) in [5.41, 5.74) is 6.65. The first-order chi connectivity index (χ1) is 11.0. The molecule has 5 nitrogen and oxygen atoms in total. The van der Waals surface area contributed by atoms with E-state index in [0.717, 1.165) is 45.4 Å². The Kier molecular flexibility index (Phi) is 5.06. The van der Waals surface area contributed by atoms with Gasteiger partial charge in [-0.2, -0.15) is 0 Å². The standard InChI is InChI=1S/C17H27N3O2S/c1-13-4-8-23-14(13)9-19-7-3-15-17(11-19,12-21)5-2-6-20(15)10-16(18)22/h4,8,15,21H,2-3,5-7,9-12H2,1H3,(H2,18,22)/t15-,17-/m1/s1. The van der Waals surface area contributed by atoms with Crippen molar-refractivity contribution in [1.29, 1.82) is 0 Å². The molecule has 2 aliphatic heterocycles. The Morgan fingerprint density at radius 2 is 2.35 bits per heavy atom. The lowest BCUT2D eigenvalue weighted by atomic mass is 9.69. The van der Waals surface area contributed by atoms with Crippen molar-refractivity contribution in [2.24, 2.45) is 11.1 Å². The number of hydrogen-bond acceptors (Lipinski definition) is 5. The van der Waals surface area contributed by atoms with Crippen molar-refractivity contribution in [2.75, 3.05) is 32.8 Å². The number of aliphatic hydroxyl groups is 1. The van der Waals surface area contributed by atoms with Crippen molar-refractivity contribution in [3.05, 3.63) is 21.9 Å². The highest BCUT2D eigenvalue weighted by atomic mass is 32.1. The molecule has 3 rings (SSSR count). The maximum atomic E-state index is 11.4. The van der Waals surface area contributed by atoms with Crippen LogP contribution in [-0.4, -0.2) is 59.6 Å². The first kappa shape index (κ1) is 16.9. The minimum atomic E-state index is -0.268. The number of amides is 1. The third kappa shape index (κ3) is 3.45. The number of fused-ring (bicyclic) bond motifs is 1. The molecule has 0 spiro atoms. The second-order valence-corrected chi connectivity index (χ2v) is 8.10. The quantitative estimate of drug-likeness (QED) is 0.847. The number of thiophene rings is 1. The lowest BCUT2D eigenvalue weighted by Gasteiger charge is -2.54. The topological polar surface area (TPSA) is 69.8 Å². The van der Waals surface area contributed by atoms with Crippen LogP contribution in [0, 0.1) is 12.3 Å². The number of primary amides is 1. The first-order valence-electron chi connectivity index (χ1n) is 8.42. The molecule has 23 heavy (non-hydrogen) atoms. The van der Waals surface area contributed by atoms with Gasteiger partial charge in [-0.05, 0) is 49.7 Å². The van der Waals surface area contributed by atoms with Crippen molar-refractivity contribution in [1.82, 2.24) is 9.80 Å². The summed E-state index contributed by atoms with van der Waals surface area (Å²) < 4.78 is 0. The highest BCUT2D eigenvalue weighted by Crippen LogP contribution is 2.41. The van der Waals surface area contributed by atoms with Gasteiger partial charge in [0.15, 0.2) is 0 Å². The van der Waals surface area contributed by atoms with Crippen LogP contribution in [0.5, 0.6) is 0 Å². The molecule has 0 saturated carbocycles. The fourth-order valence-electron chi connectivity index (χ4n) is 4.37. The van der Waals surface area contributed by atoms with Gasteiger partial charge < -0.3 is 10.8 Å². The fraction of sp³-hybridized carbons (Fsp3) is 0.706. The molecule has 3 heterocycles. The van der Waals surface area contributed by atoms with Crippen molar-refractivity contribution >= 4 is 17.2 Å². The van der Waals surface area contributed by atoms with Crippen LogP contribution in [-0.2, 0) is 11.3 Å². The van der Waals surface area contributed by atoms with E-state index in [2.05, 4.69) is 28.2 Å². The van der Waals surface area contributed by atoms with E-state index < -0.39 is 0 Å². The van der Waals surface area contributed by atoms with Crippen LogP contribution < -0.4 is 5.73 Å². The van der Waals surface area contributed by atoms with Gasteiger partial charge in [0.25, 0.3) is 0 Å². The number of nitrogens with zero attached hydrogens (tertiary/aromatic N) is 2. The molecule has 128 valence electrons. The number of carbonyl (C=O) groups excluding carboxylic acids is 1. The lowest BCUT2D eigenvalue weighted by Crippen LogP contribution is -2.63. The summed E-state index contributed by atoms with van der Waals surface area (Å²) in [5.74, 6) is -0.268. The lowest BCUT2D eigenvalue weighted by molar-refractivity contribution is -0.125. The zero-order valence-corrected chi connectivity index (χ0v) is 14.6. The molecular formula is C17H27N3O2S. The SMILES string of the molecule is Cc1ccsc1CN1CC[C@H]2N(CC(N)=O)CCC[C@]2(CO)C1. The molecule has 6 heteroatoms. The van der Waals surface area contributed by atoms with E-state index in [1.807, 2.05) is 11.3 Å². The van der Waals surface area contributed by atoms with E-state index in [-0.39, 0.29) is 24.0 Å². The fourth-order valence-corrected chi connectivity index (χ4v) is 5.32. The Bertz CT molecular complexity index is 562. The second kappa shape index (κ2) is 6.89. The van der Waals surface area contributed by atoms with Gasteiger partial charge in [0.2, 0.25) is 5.91 Å². The number of aliphatic hydroxyl groups excluding tert-OH is 1. The first-order valence-corrected chi connectivity index (χ1v) is 9.30. The number of likely N-dealkylation sites (tertiary alicyclic amines) is 2. The van der Waals surface area contributed by atoms with Gasteiger partial charge in [0.1, 0.15) is 0 Å². The molecule has 2 saturated heterocycles. The minimum Gasteiger partial charge on any atom is -0.396 e. The number of piperidine rings is 2. The van der Waals surface area contributed by atoms with Crippen LogP contribution in [0.2, 0.25) is 0 Å². The largest absolute Gasteiger partial charge is 0.396 e. The summed E-state index contributed by atoms with van der Waals surface area (Å²) in [5, 5.41) is 12.3. The second-order valence-electron chi connectivity index (χ2n) is 7.10. The van der Waals surface area contributed by atoms with Gasteiger partial charge in [0.05, 0.1) is 13.2 Å². The molecule has 1 amide bonds. The highest BCUT2D eigenvalue weighted by molar-refractivity contribution is 7.10. The monoisotopic (exact) mass is 337 g/mol. The average molecular weight is 337 g/mol. The predicted molar refractivity (Wildman–Crippen MR) is 92.3 cm³/mol. The zero-order chi connectivity index (χ0) is 16.4. The highest BCUT2D eigenvalue weighted by Gasteiger charge is 2.47. The molecule has 2 atom stereocenters. The number of carbonyl (C=O) groups is 1. The van der Waals surface area contributed by atoms with Crippen molar-refractivity contribution in [2.45, 2.75) is 38.8 Å². The molecule has 1 aromatic heterocycles. The van der Waals surface area contributed by atoms with Gasteiger partial charge in [-0.3, -0.25) is 14.6 Å². The molecule has 0 bridgehead atoms. The van der Waals surface area contributed by atoms with Crippen LogP contribution in [0.3, 0.4) is 0 Å². The Morgan fingerprint density at radius 3 is 3.00 bits per heavy atom. The molecule has 0 radical (unpaired) electrons. The maximum absolute atomic E-state index is 11.4. The summed E-state index contributed by atoms with van der Waals surface area (Å²) in [7, 11) is 0. The summed E-state index contributed by atoms with van der Waals surface area (Å²) in [4.78, 5) is 17.5. The number of hydrogen-bond donors (Lipinski definition) is 2. The van der Waals surface area contributed by atoms with Crippen LogP contribution >= 0.6 is 11.3 Å². The van der Waals surface area contributed by atoms with Crippen molar-refractivity contribution < 1.29 is 9.90 Å². The summed E-state index contributed by atoms with van der Waals surface area (Å²) in [6.07, 6.45) is 3.05. The van der Waals surface area contributed by atoms with Gasteiger partial charge >= 0.3 is 0 Å². The summed E-state index contributed by atoms with van der Waals surface area (Å²) >= 11 is 1.81. The number of rotatable bonds is 5. The van der Waals surface area contributed by atoms with E-state index in [9.17, 15) is 9.90 Å². The molecule has 0 unspecified atom stereocenters. The number of aryl methyl sites for hydroxylation is 1. The molecule has 2 aliphatic rings. The number of nitrogens with two attached hydrogens (primary N) is 1. The molecular weight excluding hydrogens is 310 g/mol. The van der Waals surface area contributed by atoms with Gasteiger partial charge in [0, 0.05) is 36.0 Å². The predicted octanol–water partition coefficient (Wildman–Crippen LogP) is 1.19. The maximum Gasteiger partial charge on any atom is 0.231 e. The molecule has 0 aliphatic carbocycles. The third-order valence-corrected chi connectivity index (χ3v) is 6.54. The van der Waals surface area contributed by atoms with E-state index in [4.69, 9.17) is 5.73 Å². The Labute approximate surface area is 142 Å². The third-order valence-electron chi connectivity index (χ3n) is 5.53. The Balaban J connectivity index is 1.73. The molecule has 3 N–H and O–H groups in total. The van der Waals surface area contributed by atoms with E-state index in [1.165, 1.54) is 10.4 Å². The smallest absolute Gasteiger partial charge is 0.231 e. The van der Waals surface area contributed by atoms with E-state index >= 15 is 0 Å². The van der Waals surface area contributed by atoms with Crippen molar-refractivity contribution in [3.8, 4) is 0 Å². The molecule has 2 fully saturated rings. The molecule has 1 aromatic rings. The van der Waals surface area contributed by atoms with Crippen LogP contribution in [0.15, 0.2) is 11.4 Å². The summed E-state index contributed by atoms with van der Waals surface area (Å²) in [6, 6.07) is 2.44. The minimum absolute atomic E-state index is 0.114. The average Bonchev–Trinajstić information content (AvgIpc) is 2.92. The van der Waals surface area contributed by atoms with Crippen LogP contribution in [0.4, 0.5) is 0 Å². The van der Waals surface area contributed by atoms with Crippen molar-refractivity contribution in [3.63, 3.8) is 0 Å². The molecule has 0 aromatic carbocycles. The zero-order valence-electron chi connectivity index (χ0n) is 13.8. The van der Waals surface area contributed by atoms with E-state index in [1.54, 1.807) is 0 Å². The van der Waals surface area contributed by atoms with E-state index in [0.29, 0.717) is 6.54 Å². The van der Waals surface area contributed by atoms with Crippen LogP contribution in [0.1, 0.15) is 29.7 Å². The Hall–Kier alpha value is -0.950.